The van der Waals surface area contributed by atoms with Crippen molar-refractivity contribution < 1.29 is 0 Å². The van der Waals surface area contributed by atoms with Crippen molar-refractivity contribution in [2.24, 2.45) is 0 Å². The van der Waals surface area contributed by atoms with Gasteiger partial charge in [-0.1, -0.05) is 18.2 Å². The smallest absolute Gasteiger partial charge is 0.141 e. The van der Waals surface area contributed by atoms with Crippen LogP contribution < -0.4 is 5.73 Å². The van der Waals surface area contributed by atoms with Crippen LogP contribution in [-0.2, 0) is 0 Å². The monoisotopic (exact) mass is 197 g/mol. The number of nitrogens with two attached hydrogens (primary N) is 1. The number of para-hydroxylation sites is 1. The van der Waals surface area contributed by atoms with Crippen molar-refractivity contribution in [3.05, 3.63) is 35.9 Å². The average molecular weight is 197 g/mol. The van der Waals surface area contributed by atoms with Crippen LogP contribution in [0.1, 0.15) is 5.56 Å². The first-order valence-electron chi connectivity index (χ1n) is 4.89. The molecule has 2 heterocycles. The van der Waals surface area contributed by atoms with E-state index in [1.165, 1.54) is 10.8 Å². The number of rotatable bonds is 0. The SMILES string of the molecule is Cc1cc(N)nc2[nH]c3ccccc3c12. The largest absolute Gasteiger partial charge is 0.384 e. The Bertz CT molecular complexity index is 652. The Morgan fingerprint density at radius 3 is 2.93 bits per heavy atom. The fourth-order valence-electron chi connectivity index (χ4n) is 2.07. The third kappa shape index (κ3) is 1.09. The van der Waals surface area contributed by atoms with Gasteiger partial charge in [-0.05, 0) is 24.6 Å². The highest BCUT2D eigenvalue weighted by Crippen LogP contribution is 2.27. The lowest BCUT2D eigenvalue weighted by Gasteiger charge is -1.98. The number of pyridine rings is 1. The molecule has 0 fully saturated rings. The molecule has 2 aromatic heterocycles. The molecular weight excluding hydrogens is 186 g/mol. The van der Waals surface area contributed by atoms with Crippen molar-refractivity contribution in [2.75, 3.05) is 5.73 Å². The summed E-state index contributed by atoms with van der Waals surface area (Å²) in [6.45, 7) is 2.06. The topological polar surface area (TPSA) is 54.7 Å². The van der Waals surface area contributed by atoms with Crippen LogP contribution in [0.15, 0.2) is 30.3 Å². The average Bonchev–Trinajstić information content (AvgIpc) is 2.54. The first-order chi connectivity index (χ1) is 7.25. The third-order valence-electron chi connectivity index (χ3n) is 2.69. The summed E-state index contributed by atoms with van der Waals surface area (Å²) < 4.78 is 0. The number of hydrogen-bond donors (Lipinski definition) is 2. The van der Waals surface area contributed by atoms with E-state index in [4.69, 9.17) is 5.73 Å². The first kappa shape index (κ1) is 8.29. The van der Waals surface area contributed by atoms with E-state index in [0.29, 0.717) is 5.82 Å². The molecule has 0 bridgehead atoms. The lowest BCUT2D eigenvalue weighted by molar-refractivity contribution is 1.33. The molecule has 0 saturated carbocycles. The molecule has 0 aliphatic heterocycles. The van der Waals surface area contributed by atoms with Crippen LogP contribution in [0.25, 0.3) is 21.9 Å². The van der Waals surface area contributed by atoms with Gasteiger partial charge in [0.05, 0.1) is 0 Å². The number of aryl methyl sites for hydroxylation is 1. The van der Waals surface area contributed by atoms with Gasteiger partial charge in [-0.3, -0.25) is 0 Å². The summed E-state index contributed by atoms with van der Waals surface area (Å²) in [5.41, 5.74) is 8.85. The number of nitrogen functional groups attached to an aromatic ring is 1. The standard InChI is InChI=1S/C12H11N3/c1-7-6-10(13)15-12-11(7)8-4-2-3-5-9(8)14-12/h2-6H,1H3,(H3,13,14,15). The van der Waals surface area contributed by atoms with Crippen molar-refractivity contribution >= 4 is 27.8 Å². The Morgan fingerprint density at radius 1 is 1.27 bits per heavy atom. The maximum Gasteiger partial charge on any atom is 0.141 e. The maximum atomic E-state index is 5.72. The highest BCUT2D eigenvalue weighted by molar-refractivity contribution is 6.07. The zero-order chi connectivity index (χ0) is 10.4. The van der Waals surface area contributed by atoms with Crippen molar-refractivity contribution in [1.82, 2.24) is 9.97 Å². The quantitative estimate of drug-likeness (QED) is 0.582. The van der Waals surface area contributed by atoms with Gasteiger partial charge in [-0.2, -0.15) is 0 Å². The molecule has 0 atom stereocenters. The van der Waals surface area contributed by atoms with Crippen LogP contribution in [0.5, 0.6) is 0 Å². The number of H-pyrrole nitrogens is 1. The Labute approximate surface area is 86.9 Å². The van der Waals surface area contributed by atoms with Crippen LogP contribution in [0, 0.1) is 6.92 Å². The van der Waals surface area contributed by atoms with Gasteiger partial charge >= 0.3 is 0 Å². The highest BCUT2D eigenvalue weighted by Gasteiger charge is 2.07. The minimum Gasteiger partial charge on any atom is -0.384 e. The number of aromatic nitrogens is 2. The first-order valence-corrected chi connectivity index (χ1v) is 4.89. The summed E-state index contributed by atoms with van der Waals surface area (Å²) in [5, 5.41) is 2.37. The Morgan fingerprint density at radius 2 is 2.07 bits per heavy atom. The van der Waals surface area contributed by atoms with E-state index >= 15 is 0 Å². The summed E-state index contributed by atoms with van der Waals surface area (Å²) in [4.78, 5) is 7.56. The third-order valence-corrected chi connectivity index (χ3v) is 2.69. The molecule has 15 heavy (non-hydrogen) atoms. The normalized spacial score (nSPS) is 11.3. The lowest BCUT2D eigenvalue weighted by Crippen LogP contribution is -1.91. The second kappa shape index (κ2) is 2.73. The van der Waals surface area contributed by atoms with Crippen LogP contribution in [0.2, 0.25) is 0 Å². The number of nitrogens with zero attached hydrogens (tertiary/aromatic N) is 1. The summed E-state index contributed by atoms with van der Waals surface area (Å²) in [7, 11) is 0. The van der Waals surface area contributed by atoms with E-state index < -0.39 is 0 Å². The molecule has 0 spiro atoms. The highest BCUT2D eigenvalue weighted by atomic mass is 14.9. The predicted octanol–water partition coefficient (Wildman–Crippen LogP) is 2.61. The van der Waals surface area contributed by atoms with E-state index in [0.717, 1.165) is 16.7 Å². The molecule has 0 aliphatic carbocycles. The summed E-state index contributed by atoms with van der Waals surface area (Å²) in [6.07, 6.45) is 0. The number of anilines is 1. The molecule has 1 aromatic carbocycles. The van der Waals surface area contributed by atoms with Crippen molar-refractivity contribution in [2.45, 2.75) is 6.92 Å². The molecule has 3 aromatic rings. The van der Waals surface area contributed by atoms with Crippen LogP contribution in [-0.4, -0.2) is 9.97 Å². The number of hydrogen-bond acceptors (Lipinski definition) is 2. The number of fused-ring (bicyclic) bond motifs is 3. The van der Waals surface area contributed by atoms with Gasteiger partial charge in [0, 0.05) is 16.3 Å². The lowest BCUT2D eigenvalue weighted by atomic mass is 10.1. The van der Waals surface area contributed by atoms with Gasteiger partial charge in [0.15, 0.2) is 0 Å². The minimum absolute atomic E-state index is 0.562. The zero-order valence-corrected chi connectivity index (χ0v) is 8.41. The van der Waals surface area contributed by atoms with Crippen LogP contribution >= 0.6 is 0 Å². The van der Waals surface area contributed by atoms with Crippen molar-refractivity contribution in [3.8, 4) is 0 Å². The second-order valence-corrected chi connectivity index (χ2v) is 3.76. The molecule has 3 rings (SSSR count). The van der Waals surface area contributed by atoms with Crippen molar-refractivity contribution in [3.63, 3.8) is 0 Å². The van der Waals surface area contributed by atoms with E-state index in [1.807, 2.05) is 24.3 Å². The van der Waals surface area contributed by atoms with E-state index in [2.05, 4.69) is 23.0 Å². The minimum atomic E-state index is 0.562. The molecule has 74 valence electrons. The number of benzene rings is 1. The van der Waals surface area contributed by atoms with Gasteiger partial charge in [0.25, 0.3) is 0 Å². The number of nitrogens with one attached hydrogen (secondary N) is 1. The summed E-state index contributed by atoms with van der Waals surface area (Å²) in [6, 6.07) is 10.1. The summed E-state index contributed by atoms with van der Waals surface area (Å²) >= 11 is 0. The van der Waals surface area contributed by atoms with Gasteiger partial charge in [-0.25, -0.2) is 4.98 Å². The Kier molecular flexibility index (Phi) is 1.51. The van der Waals surface area contributed by atoms with Gasteiger partial charge < -0.3 is 10.7 Å². The molecule has 3 heteroatoms. The predicted molar refractivity (Wildman–Crippen MR) is 62.7 cm³/mol. The van der Waals surface area contributed by atoms with Gasteiger partial charge in [-0.15, -0.1) is 0 Å². The molecule has 3 nitrogen and oxygen atoms in total. The molecule has 0 aliphatic rings. The molecule has 3 N–H and O–H groups in total. The molecule has 0 amide bonds. The fourth-order valence-corrected chi connectivity index (χ4v) is 2.07. The fraction of sp³-hybridized carbons (Fsp3) is 0.0833. The van der Waals surface area contributed by atoms with E-state index in [-0.39, 0.29) is 0 Å². The second-order valence-electron chi connectivity index (χ2n) is 3.76. The molecular formula is C12H11N3. The van der Waals surface area contributed by atoms with Gasteiger partial charge in [0.2, 0.25) is 0 Å². The molecule has 0 unspecified atom stereocenters. The maximum absolute atomic E-state index is 5.72. The van der Waals surface area contributed by atoms with E-state index in [9.17, 15) is 0 Å². The van der Waals surface area contributed by atoms with Crippen LogP contribution in [0.4, 0.5) is 5.82 Å². The van der Waals surface area contributed by atoms with Gasteiger partial charge in [0.1, 0.15) is 11.5 Å². The van der Waals surface area contributed by atoms with E-state index in [1.54, 1.807) is 0 Å². The molecule has 0 radical (unpaired) electrons. The summed E-state index contributed by atoms with van der Waals surface area (Å²) in [5.74, 6) is 0.562. The molecule has 0 saturated heterocycles. The number of aromatic amines is 1. The van der Waals surface area contributed by atoms with Crippen molar-refractivity contribution in [1.29, 1.82) is 0 Å². The zero-order valence-electron chi connectivity index (χ0n) is 8.41. The Hall–Kier alpha value is -2.03. The Balaban J connectivity index is 2.61. The van der Waals surface area contributed by atoms with Crippen LogP contribution in [0.3, 0.4) is 0 Å².